The largest absolute Gasteiger partial charge is 0.502 e. The van der Waals surface area contributed by atoms with Gasteiger partial charge < -0.3 is 24.3 Å². The molecule has 0 atom stereocenters. The van der Waals surface area contributed by atoms with Crippen molar-refractivity contribution < 1.29 is 32.9 Å². The SMILES string of the molecule is COc1cc(-c2nc3ccc(C)cc3[nH]2)cc(OC)c1OC(F)(F)C(=O)O. The lowest BCUT2D eigenvalue weighted by Gasteiger charge is -2.18. The predicted octanol–water partition coefficient (Wildman–Crippen LogP) is 3.61. The molecule has 2 N–H and O–H groups in total. The third kappa shape index (κ3) is 3.48. The van der Waals surface area contributed by atoms with Gasteiger partial charge in [-0.2, -0.15) is 8.78 Å². The fraction of sp³-hybridized carbons (Fsp3) is 0.222. The molecule has 0 bridgehead atoms. The summed E-state index contributed by atoms with van der Waals surface area (Å²) in [7, 11) is 2.48. The number of hydrogen-bond acceptors (Lipinski definition) is 5. The number of ether oxygens (including phenoxy) is 3. The number of fused-ring (bicyclic) bond motifs is 1. The molecular formula is C18H16F2N2O5. The van der Waals surface area contributed by atoms with Crippen LogP contribution < -0.4 is 14.2 Å². The highest BCUT2D eigenvalue weighted by atomic mass is 19.3. The number of alkyl halides is 2. The van der Waals surface area contributed by atoms with Crippen LogP contribution in [0.2, 0.25) is 0 Å². The molecule has 142 valence electrons. The van der Waals surface area contributed by atoms with E-state index in [1.54, 1.807) is 0 Å². The van der Waals surface area contributed by atoms with Crippen molar-refractivity contribution in [3.8, 4) is 28.6 Å². The number of benzene rings is 2. The van der Waals surface area contributed by atoms with Crippen LogP contribution in [0, 0.1) is 6.92 Å². The Balaban J connectivity index is 2.11. The van der Waals surface area contributed by atoms with Crippen molar-refractivity contribution in [1.82, 2.24) is 9.97 Å². The van der Waals surface area contributed by atoms with Crippen LogP contribution in [-0.2, 0) is 4.79 Å². The second kappa shape index (κ2) is 6.75. The van der Waals surface area contributed by atoms with Gasteiger partial charge in [0.25, 0.3) is 0 Å². The van der Waals surface area contributed by atoms with E-state index in [9.17, 15) is 13.6 Å². The van der Waals surface area contributed by atoms with E-state index >= 15 is 0 Å². The number of carboxylic acids is 1. The Morgan fingerprint density at radius 1 is 1.15 bits per heavy atom. The molecule has 0 unspecified atom stereocenters. The summed E-state index contributed by atoms with van der Waals surface area (Å²) in [6.45, 7) is 1.95. The van der Waals surface area contributed by atoms with Crippen LogP contribution in [-0.4, -0.2) is 41.4 Å². The van der Waals surface area contributed by atoms with E-state index in [2.05, 4.69) is 14.7 Å². The summed E-state index contributed by atoms with van der Waals surface area (Å²) >= 11 is 0. The van der Waals surface area contributed by atoms with Crippen molar-refractivity contribution in [3.63, 3.8) is 0 Å². The zero-order chi connectivity index (χ0) is 19.8. The molecule has 2 aromatic carbocycles. The van der Waals surface area contributed by atoms with E-state index in [0.29, 0.717) is 11.4 Å². The van der Waals surface area contributed by atoms with Crippen LogP contribution in [0.5, 0.6) is 17.2 Å². The van der Waals surface area contributed by atoms with Crippen molar-refractivity contribution in [2.24, 2.45) is 0 Å². The summed E-state index contributed by atoms with van der Waals surface area (Å²) in [5, 5.41) is 8.59. The first-order chi connectivity index (χ1) is 12.7. The summed E-state index contributed by atoms with van der Waals surface area (Å²) in [5.74, 6) is -2.74. The molecular weight excluding hydrogens is 362 g/mol. The van der Waals surface area contributed by atoms with Crippen LogP contribution in [0.3, 0.4) is 0 Å². The lowest BCUT2D eigenvalue weighted by atomic mass is 10.1. The maximum Gasteiger partial charge on any atom is 0.502 e. The topological polar surface area (TPSA) is 93.7 Å². The normalized spacial score (nSPS) is 11.4. The van der Waals surface area contributed by atoms with Gasteiger partial charge in [-0.1, -0.05) is 6.07 Å². The minimum Gasteiger partial charge on any atom is -0.493 e. The van der Waals surface area contributed by atoms with Crippen LogP contribution in [0.15, 0.2) is 30.3 Å². The third-order valence-electron chi connectivity index (χ3n) is 3.85. The number of nitrogens with one attached hydrogen (secondary N) is 1. The van der Waals surface area contributed by atoms with Crippen molar-refractivity contribution in [3.05, 3.63) is 35.9 Å². The second-order valence-corrected chi connectivity index (χ2v) is 5.74. The Morgan fingerprint density at radius 2 is 1.78 bits per heavy atom. The smallest absolute Gasteiger partial charge is 0.493 e. The first-order valence-corrected chi connectivity index (χ1v) is 7.78. The van der Waals surface area contributed by atoms with Crippen LogP contribution in [0.25, 0.3) is 22.4 Å². The number of aryl methyl sites for hydroxylation is 1. The summed E-state index contributed by atoms with van der Waals surface area (Å²) in [6, 6.07) is 8.50. The maximum atomic E-state index is 13.5. The van der Waals surface area contributed by atoms with E-state index in [1.165, 1.54) is 26.4 Å². The van der Waals surface area contributed by atoms with E-state index < -0.39 is 17.8 Å². The van der Waals surface area contributed by atoms with E-state index in [0.717, 1.165) is 16.6 Å². The van der Waals surface area contributed by atoms with Crippen molar-refractivity contribution >= 4 is 17.0 Å². The summed E-state index contributed by atoms with van der Waals surface area (Å²) in [6.07, 6.45) is -4.45. The molecule has 1 heterocycles. The molecule has 9 heteroatoms. The molecule has 27 heavy (non-hydrogen) atoms. The zero-order valence-corrected chi connectivity index (χ0v) is 14.7. The lowest BCUT2D eigenvalue weighted by Crippen LogP contribution is -2.35. The number of H-pyrrole nitrogens is 1. The molecule has 0 saturated heterocycles. The first-order valence-electron chi connectivity index (χ1n) is 7.78. The number of imidazole rings is 1. The Hall–Kier alpha value is -3.36. The Bertz CT molecular complexity index is 991. The number of hydrogen-bond donors (Lipinski definition) is 2. The number of carbonyl (C=O) groups is 1. The molecule has 0 aliphatic rings. The Morgan fingerprint density at radius 3 is 2.33 bits per heavy atom. The average molecular weight is 378 g/mol. The molecule has 0 saturated carbocycles. The van der Waals surface area contributed by atoms with E-state index in [4.69, 9.17) is 14.6 Å². The molecule has 3 rings (SSSR count). The van der Waals surface area contributed by atoms with Crippen LogP contribution in [0.1, 0.15) is 5.56 Å². The van der Waals surface area contributed by atoms with Gasteiger partial charge in [-0.05, 0) is 36.8 Å². The zero-order valence-electron chi connectivity index (χ0n) is 14.7. The standard InChI is InChI=1S/C18H16F2N2O5/c1-9-4-5-11-12(6-9)22-16(21-11)10-7-13(25-2)15(14(8-10)26-3)27-18(19,20)17(23)24/h4-8H,1-3H3,(H,21,22)(H,23,24). The highest BCUT2D eigenvalue weighted by molar-refractivity contribution is 5.81. The molecule has 0 aliphatic carbocycles. The third-order valence-corrected chi connectivity index (χ3v) is 3.85. The molecule has 0 amide bonds. The maximum absolute atomic E-state index is 13.5. The Labute approximate surface area is 152 Å². The number of halogens is 2. The van der Waals surface area contributed by atoms with Gasteiger partial charge in [-0.15, -0.1) is 0 Å². The van der Waals surface area contributed by atoms with Gasteiger partial charge in [-0.25, -0.2) is 9.78 Å². The Kier molecular flexibility index (Phi) is 4.61. The first kappa shape index (κ1) is 18.4. The fourth-order valence-corrected chi connectivity index (χ4v) is 2.55. The molecule has 0 aliphatic heterocycles. The van der Waals surface area contributed by atoms with Crippen LogP contribution in [0.4, 0.5) is 8.78 Å². The van der Waals surface area contributed by atoms with Crippen molar-refractivity contribution in [2.75, 3.05) is 14.2 Å². The lowest BCUT2D eigenvalue weighted by molar-refractivity contribution is -0.211. The number of nitrogens with zero attached hydrogens (tertiary/aromatic N) is 1. The quantitative estimate of drug-likeness (QED) is 0.681. The number of aliphatic carboxylic acids is 1. The number of methoxy groups -OCH3 is 2. The van der Waals surface area contributed by atoms with E-state index in [1.807, 2.05) is 25.1 Å². The summed E-state index contributed by atoms with van der Waals surface area (Å²) in [4.78, 5) is 18.3. The molecule has 7 nitrogen and oxygen atoms in total. The molecule has 3 aromatic rings. The number of aromatic nitrogens is 2. The molecule has 1 aromatic heterocycles. The van der Waals surface area contributed by atoms with Crippen LogP contribution >= 0.6 is 0 Å². The van der Waals surface area contributed by atoms with Crippen molar-refractivity contribution in [1.29, 1.82) is 0 Å². The van der Waals surface area contributed by atoms with Gasteiger partial charge in [-0.3, -0.25) is 0 Å². The minimum absolute atomic E-state index is 0.123. The molecule has 0 radical (unpaired) electrons. The van der Waals surface area contributed by atoms with Gasteiger partial charge in [0, 0.05) is 5.56 Å². The summed E-state index contributed by atoms with van der Waals surface area (Å²) in [5.41, 5.74) is 3.07. The molecule has 0 fully saturated rings. The molecule has 0 spiro atoms. The summed E-state index contributed by atoms with van der Waals surface area (Å²) < 4.78 is 41.6. The monoisotopic (exact) mass is 378 g/mol. The number of rotatable bonds is 6. The average Bonchev–Trinajstić information content (AvgIpc) is 3.04. The fourth-order valence-electron chi connectivity index (χ4n) is 2.55. The van der Waals surface area contributed by atoms with E-state index in [-0.39, 0.29) is 11.5 Å². The van der Waals surface area contributed by atoms with Crippen molar-refractivity contribution in [2.45, 2.75) is 13.0 Å². The van der Waals surface area contributed by atoms with Gasteiger partial charge in [0.1, 0.15) is 5.82 Å². The van der Waals surface area contributed by atoms with Gasteiger partial charge in [0.05, 0.1) is 25.3 Å². The predicted molar refractivity (Wildman–Crippen MR) is 92.6 cm³/mol. The number of carboxylic acid groups (broad SMARTS) is 1. The second-order valence-electron chi connectivity index (χ2n) is 5.74. The highest BCUT2D eigenvalue weighted by Crippen LogP contribution is 2.43. The van der Waals surface area contributed by atoms with Gasteiger partial charge in [0.2, 0.25) is 5.75 Å². The number of aromatic amines is 1. The minimum atomic E-state index is -4.45. The van der Waals surface area contributed by atoms with Gasteiger partial charge in [0.15, 0.2) is 11.5 Å². The highest BCUT2D eigenvalue weighted by Gasteiger charge is 2.44. The van der Waals surface area contributed by atoms with Gasteiger partial charge >= 0.3 is 12.1 Å².